The third-order valence-electron chi connectivity index (χ3n) is 2.66. The smallest absolute Gasteiger partial charge is 0.273 e. The maximum Gasteiger partial charge on any atom is 0.273 e. The quantitative estimate of drug-likeness (QED) is 0.475. The lowest BCUT2D eigenvalue weighted by Gasteiger charge is -2.21. The van der Waals surface area contributed by atoms with E-state index in [0.29, 0.717) is 24.7 Å². The zero-order valence-corrected chi connectivity index (χ0v) is 12.9. The van der Waals surface area contributed by atoms with Gasteiger partial charge < -0.3 is 14.8 Å². The van der Waals surface area contributed by atoms with Crippen LogP contribution in [-0.4, -0.2) is 30.7 Å². The van der Waals surface area contributed by atoms with Crippen LogP contribution in [-0.2, 0) is 0 Å². The molecular weight excluding hydrogens is 272 g/mol. The highest BCUT2D eigenvalue weighted by molar-refractivity contribution is 5.48. The second-order valence-corrected chi connectivity index (χ2v) is 5.73. The Balaban J connectivity index is 2.63. The van der Waals surface area contributed by atoms with E-state index in [-0.39, 0.29) is 11.2 Å². The molecule has 0 aliphatic heterocycles. The topological polar surface area (TPSA) is 73.6 Å². The number of non-ortho nitro benzene ring substituents is 1. The van der Waals surface area contributed by atoms with E-state index in [1.54, 1.807) is 0 Å². The molecule has 0 spiro atoms. The van der Waals surface area contributed by atoms with Crippen molar-refractivity contribution >= 4 is 5.69 Å². The summed E-state index contributed by atoms with van der Waals surface area (Å²) in [5, 5.41) is 14.0. The zero-order chi connectivity index (χ0) is 16.0. The molecule has 0 atom stereocenters. The predicted octanol–water partition coefficient (Wildman–Crippen LogP) is 2.93. The predicted molar refractivity (Wildman–Crippen MR) is 82.0 cm³/mol. The molecule has 0 heterocycles. The molecule has 6 heteroatoms. The van der Waals surface area contributed by atoms with Gasteiger partial charge in [-0.15, -0.1) is 0 Å². The lowest BCUT2D eigenvalue weighted by atomic mass is 10.1. The molecule has 1 aromatic rings. The van der Waals surface area contributed by atoms with Crippen molar-refractivity contribution in [3.05, 3.63) is 40.5 Å². The van der Waals surface area contributed by atoms with Gasteiger partial charge in [-0.05, 0) is 32.4 Å². The van der Waals surface area contributed by atoms with Gasteiger partial charge in [0, 0.05) is 18.2 Å². The Bertz CT molecular complexity index is 521. The van der Waals surface area contributed by atoms with Crippen molar-refractivity contribution in [1.29, 1.82) is 0 Å². The fraction of sp³-hybridized carbons (Fsp3) is 0.467. The Kier molecular flexibility index (Phi) is 5.72. The average Bonchev–Trinajstić information content (AvgIpc) is 2.41. The summed E-state index contributed by atoms with van der Waals surface area (Å²) >= 11 is 0. The van der Waals surface area contributed by atoms with E-state index >= 15 is 0 Å². The fourth-order valence-electron chi connectivity index (χ4n) is 1.51. The van der Waals surface area contributed by atoms with E-state index in [2.05, 4.69) is 32.7 Å². The number of rotatable bonds is 7. The molecule has 0 amide bonds. The van der Waals surface area contributed by atoms with Gasteiger partial charge in [-0.25, -0.2) is 0 Å². The van der Waals surface area contributed by atoms with Gasteiger partial charge in [0.2, 0.25) is 0 Å². The maximum atomic E-state index is 10.7. The number of nitro groups is 1. The second-order valence-electron chi connectivity index (χ2n) is 5.73. The van der Waals surface area contributed by atoms with Crippen LogP contribution in [0.15, 0.2) is 30.4 Å². The molecule has 0 saturated heterocycles. The van der Waals surface area contributed by atoms with E-state index in [9.17, 15) is 10.1 Å². The summed E-state index contributed by atoms with van der Waals surface area (Å²) in [6.07, 6.45) is 0. The Labute approximate surface area is 124 Å². The van der Waals surface area contributed by atoms with Crippen LogP contribution in [0, 0.1) is 10.1 Å². The van der Waals surface area contributed by atoms with Crippen molar-refractivity contribution in [3.63, 3.8) is 0 Å². The monoisotopic (exact) mass is 294 g/mol. The number of benzene rings is 1. The molecule has 116 valence electrons. The molecule has 0 radical (unpaired) electrons. The summed E-state index contributed by atoms with van der Waals surface area (Å²) in [6, 6.07) is 4.25. The zero-order valence-electron chi connectivity index (χ0n) is 12.9. The van der Waals surface area contributed by atoms with E-state index in [4.69, 9.17) is 9.47 Å². The largest absolute Gasteiger partial charge is 0.493 e. The number of hydrogen-bond acceptors (Lipinski definition) is 5. The van der Waals surface area contributed by atoms with Gasteiger partial charge in [0.25, 0.3) is 5.69 Å². The molecule has 0 aromatic heterocycles. The molecule has 21 heavy (non-hydrogen) atoms. The van der Waals surface area contributed by atoms with Crippen LogP contribution >= 0.6 is 0 Å². The number of ether oxygens (including phenoxy) is 2. The normalized spacial score (nSPS) is 11.0. The van der Waals surface area contributed by atoms with E-state index in [1.165, 1.54) is 25.3 Å². The molecule has 1 rings (SSSR count). The first-order valence-corrected chi connectivity index (χ1v) is 6.60. The summed E-state index contributed by atoms with van der Waals surface area (Å²) in [5.41, 5.74) is 0.853. The Morgan fingerprint density at radius 1 is 1.38 bits per heavy atom. The van der Waals surface area contributed by atoms with Crippen molar-refractivity contribution in [2.24, 2.45) is 0 Å². The van der Waals surface area contributed by atoms with Gasteiger partial charge in [0.15, 0.2) is 11.5 Å². The molecule has 1 aromatic carbocycles. The van der Waals surface area contributed by atoms with E-state index in [0.717, 1.165) is 5.57 Å². The summed E-state index contributed by atoms with van der Waals surface area (Å²) in [4.78, 5) is 10.2. The van der Waals surface area contributed by atoms with Crippen LogP contribution in [0.25, 0.3) is 0 Å². The van der Waals surface area contributed by atoms with Crippen molar-refractivity contribution in [2.75, 3.05) is 20.3 Å². The molecule has 0 fully saturated rings. The van der Waals surface area contributed by atoms with Crippen LogP contribution in [0.4, 0.5) is 5.69 Å². The van der Waals surface area contributed by atoms with Gasteiger partial charge in [-0.3, -0.25) is 10.1 Å². The maximum absolute atomic E-state index is 10.7. The van der Waals surface area contributed by atoms with Gasteiger partial charge in [-0.2, -0.15) is 0 Å². The number of nitro benzene ring substituents is 1. The van der Waals surface area contributed by atoms with Crippen LogP contribution in [0.3, 0.4) is 0 Å². The van der Waals surface area contributed by atoms with E-state index in [1.807, 2.05) is 0 Å². The second kappa shape index (κ2) is 7.08. The molecule has 0 aliphatic rings. The summed E-state index contributed by atoms with van der Waals surface area (Å²) in [7, 11) is 1.45. The Morgan fingerprint density at radius 2 is 2.05 bits per heavy atom. The fourth-order valence-corrected chi connectivity index (χ4v) is 1.51. The number of hydrogen-bond donors (Lipinski definition) is 1. The summed E-state index contributed by atoms with van der Waals surface area (Å²) in [5.74, 6) is 0.792. The van der Waals surface area contributed by atoms with Gasteiger partial charge in [0.1, 0.15) is 6.61 Å². The first kappa shape index (κ1) is 17.0. The van der Waals surface area contributed by atoms with Crippen molar-refractivity contribution in [3.8, 4) is 11.5 Å². The van der Waals surface area contributed by atoms with Crippen LogP contribution in [0.2, 0.25) is 0 Å². The van der Waals surface area contributed by atoms with Crippen LogP contribution in [0.1, 0.15) is 20.8 Å². The highest BCUT2D eigenvalue weighted by Crippen LogP contribution is 2.31. The molecular formula is C15H22N2O4. The first-order chi connectivity index (χ1) is 9.73. The van der Waals surface area contributed by atoms with Crippen LogP contribution < -0.4 is 14.8 Å². The highest BCUT2D eigenvalue weighted by atomic mass is 16.6. The Morgan fingerprint density at radius 3 is 2.57 bits per heavy atom. The standard InChI is InChI=1S/C15H22N2O4/c1-11(9-16-15(2,3)4)10-21-13-7-6-12(17(18)19)8-14(13)20-5/h6-8,16H,1,9-10H2,2-5H3. The van der Waals surface area contributed by atoms with Gasteiger partial charge in [-0.1, -0.05) is 6.58 Å². The van der Waals surface area contributed by atoms with Gasteiger partial charge in [0.05, 0.1) is 18.1 Å². The van der Waals surface area contributed by atoms with Crippen molar-refractivity contribution in [2.45, 2.75) is 26.3 Å². The third kappa shape index (κ3) is 5.83. The van der Waals surface area contributed by atoms with Gasteiger partial charge >= 0.3 is 0 Å². The lowest BCUT2D eigenvalue weighted by molar-refractivity contribution is -0.384. The summed E-state index contributed by atoms with van der Waals surface area (Å²) < 4.78 is 10.7. The molecule has 0 aliphatic carbocycles. The Hall–Kier alpha value is -2.08. The van der Waals surface area contributed by atoms with Crippen LogP contribution in [0.5, 0.6) is 11.5 Å². The molecule has 0 bridgehead atoms. The average molecular weight is 294 g/mol. The SMILES string of the molecule is C=C(CNC(C)(C)C)COc1ccc([N+](=O)[O-])cc1OC. The number of methoxy groups -OCH3 is 1. The molecule has 0 saturated carbocycles. The third-order valence-corrected chi connectivity index (χ3v) is 2.66. The van der Waals surface area contributed by atoms with E-state index < -0.39 is 4.92 Å². The number of nitrogens with one attached hydrogen (secondary N) is 1. The minimum atomic E-state index is -0.474. The molecule has 6 nitrogen and oxygen atoms in total. The van der Waals surface area contributed by atoms with Crippen molar-refractivity contribution in [1.82, 2.24) is 5.32 Å². The minimum Gasteiger partial charge on any atom is -0.493 e. The highest BCUT2D eigenvalue weighted by Gasteiger charge is 2.13. The molecule has 0 unspecified atom stereocenters. The summed E-state index contributed by atoms with van der Waals surface area (Å²) in [6.45, 7) is 11.1. The molecule has 1 N–H and O–H groups in total. The minimum absolute atomic E-state index is 0.00793. The first-order valence-electron chi connectivity index (χ1n) is 6.60. The lowest BCUT2D eigenvalue weighted by Crippen LogP contribution is -2.37. The number of nitrogens with zero attached hydrogens (tertiary/aromatic N) is 1. The van der Waals surface area contributed by atoms with Crippen molar-refractivity contribution < 1.29 is 14.4 Å².